The molecule has 0 unspecified atom stereocenters. The molecule has 1 aliphatic heterocycles. The first kappa shape index (κ1) is 19.1. The molecule has 142 valence electrons. The average Bonchev–Trinajstić information content (AvgIpc) is 2.71. The zero-order chi connectivity index (χ0) is 19.9. The van der Waals surface area contributed by atoms with Crippen LogP contribution < -0.4 is 14.2 Å². The smallest absolute Gasteiger partial charge is 0.304 e. The van der Waals surface area contributed by atoms with Crippen molar-refractivity contribution in [1.82, 2.24) is 0 Å². The summed E-state index contributed by atoms with van der Waals surface area (Å²) in [6.45, 7) is 2.32. The molecular weight excluding hydrogens is 358 g/mol. The number of carboxylic acid groups (broad SMARTS) is 1. The van der Waals surface area contributed by atoms with Crippen molar-refractivity contribution in [3.63, 3.8) is 0 Å². The number of hydrogen-bond acceptors (Lipinski definition) is 5. The van der Waals surface area contributed by atoms with Gasteiger partial charge in [0.1, 0.15) is 19.0 Å². The van der Waals surface area contributed by atoms with E-state index in [2.05, 4.69) is 17.9 Å². The molecule has 28 heavy (non-hydrogen) atoms. The van der Waals surface area contributed by atoms with E-state index in [0.29, 0.717) is 29.4 Å². The fraction of sp³-hybridized carbons (Fsp3) is 0.273. The molecule has 3 rings (SSSR count). The van der Waals surface area contributed by atoms with Gasteiger partial charge in [-0.15, -0.1) is 5.92 Å². The van der Waals surface area contributed by atoms with Gasteiger partial charge in [-0.25, -0.2) is 0 Å². The van der Waals surface area contributed by atoms with Crippen LogP contribution in [0.15, 0.2) is 42.5 Å². The number of nitriles is 1. The van der Waals surface area contributed by atoms with Gasteiger partial charge in [0.25, 0.3) is 0 Å². The highest BCUT2D eigenvalue weighted by Gasteiger charge is 2.22. The minimum Gasteiger partial charge on any atom is -0.490 e. The molecule has 0 spiro atoms. The molecule has 0 saturated heterocycles. The molecule has 0 saturated carbocycles. The first-order valence-electron chi connectivity index (χ1n) is 8.79. The third-order valence-corrected chi connectivity index (χ3v) is 4.21. The quantitative estimate of drug-likeness (QED) is 0.777. The molecule has 0 aromatic heterocycles. The molecule has 6 nitrogen and oxygen atoms in total. The Balaban J connectivity index is 1.60. The van der Waals surface area contributed by atoms with Gasteiger partial charge in [0.05, 0.1) is 24.0 Å². The van der Waals surface area contributed by atoms with E-state index >= 15 is 0 Å². The second kappa shape index (κ2) is 8.83. The zero-order valence-corrected chi connectivity index (χ0v) is 15.3. The van der Waals surface area contributed by atoms with Crippen molar-refractivity contribution in [1.29, 1.82) is 5.26 Å². The Morgan fingerprint density at radius 2 is 2.07 bits per heavy atom. The number of ether oxygens (including phenoxy) is 3. The Kier molecular flexibility index (Phi) is 6.04. The van der Waals surface area contributed by atoms with Gasteiger partial charge in [-0.1, -0.05) is 18.1 Å². The number of benzene rings is 2. The van der Waals surface area contributed by atoms with Crippen molar-refractivity contribution in [2.24, 2.45) is 0 Å². The predicted octanol–water partition coefficient (Wildman–Crippen LogP) is 3.36. The van der Waals surface area contributed by atoms with Crippen LogP contribution in [0.2, 0.25) is 0 Å². The standard InChI is InChI=1S/C22H19NO5/c1-2-3-17(11-22(24)25)16-5-7-18(8-6-16)26-13-19-14-27-20-9-4-15(12-23)10-21(20)28-19/h4-10,17,19H,11,13-14H2,1H3,(H,24,25)/t17-,19-/m0/s1. The molecule has 2 aromatic rings. The Bertz CT molecular complexity index is 950. The maximum atomic E-state index is 11.0. The molecule has 0 radical (unpaired) electrons. The summed E-state index contributed by atoms with van der Waals surface area (Å²) < 4.78 is 17.3. The van der Waals surface area contributed by atoms with Crippen molar-refractivity contribution in [3.8, 4) is 35.2 Å². The summed E-state index contributed by atoms with van der Waals surface area (Å²) in [7, 11) is 0. The van der Waals surface area contributed by atoms with E-state index in [-0.39, 0.29) is 25.0 Å². The van der Waals surface area contributed by atoms with Gasteiger partial charge in [0.2, 0.25) is 0 Å². The van der Waals surface area contributed by atoms with Crippen molar-refractivity contribution in [2.45, 2.75) is 25.4 Å². The first-order valence-corrected chi connectivity index (χ1v) is 8.79. The third kappa shape index (κ3) is 4.75. The summed E-state index contributed by atoms with van der Waals surface area (Å²) >= 11 is 0. The van der Waals surface area contributed by atoms with E-state index in [1.54, 1.807) is 37.3 Å². The lowest BCUT2D eigenvalue weighted by molar-refractivity contribution is -0.137. The van der Waals surface area contributed by atoms with Crippen molar-refractivity contribution >= 4 is 5.97 Å². The van der Waals surface area contributed by atoms with Crippen LogP contribution in [0.5, 0.6) is 17.2 Å². The highest BCUT2D eigenvalue weighted by Crippen LogP contribution is 2.32. The number of hydrogen-bond donors (Lipinski definition) is 1. The van der Waals surface area contributed by atoms with Gasteiger partial charge in [-0.05, 0) is 36.8 Å². The van der Waals surface area contributed by atoms with Crippen LogP contribution in [0.4, 0.5) is 0 Å². The maximum absolute atomic E-state index is 11.0. The van der Waals surface area contributed by atoms with Crippen LogP contribution in [0.3, 0.4) is 0 Å². The van der Waals surface area contributed by atoms with E-state index in [9.17, 15) is 4.79 Å². The summed E-state index contributed by atoms with van der Waals surface area (Å²) in [6, 6.07) is 14.3. The van der Waals surface area contributed by atoms with Crippen molar-refractivity contribution in [3.05, 3.63) is 53.6 Å². The maximum Gasteiger partial charge on any atom is 0.304 e. The molecule has 0 fully saturated rings. The minimum absolute atomic E-state index is 0.0433. The van der Waals surface area contributed by atoms with Gasteiger partial charge < -0.3 is 19.3 Å². The summed E-state index contributed by atoms with van der Waals surface area (Å²) in [5, 5.41) is 18.0. The Labute approximate surface area is 163 Å². The fourth-order valence-electron chi connectivity index (χ4n) is 2.85. The third-order valence-electron chi connectivity index (χ3n) is 4.21. The van der Waals surface area contributed by atoms with Crippen LogP contribution in [-0.2, 0) is 4.79 Å². The lowest BCUT2D eigenvalue weighted by Gasteiger charge is -2.26. The first-order chi connectivity index (χ1) is 13.6. The monoisotopic (exact) mass is 377 g/mol. The molecule has 0 amide bonds. The van der Waals surface area contributed by atoms with Gasteiger partial charge >= 0.3 is 5.97 Å². The van der Waals surface area contributed by atoms with Crippen molar-refractivity contribution < 1.29 is 24.1 Å². The second-order valence-corrected chi connectivity index (χ2v) is 6.25. The van der Waals surface area contributed by atoms with Gasteiger partial charge in [-0.3, -0.25) is 4.79 Å². The topological polar surface area (TPSA) is 88.8 Å². The molecule has 1 N–H and O–H groups in total. The summed E-state index contributed by atoms with van der Waals surface area (Å²) in [4.78, 5) is 11.0. The van der Waals surface area contributed by atoms with Gasteiger partial charge in [0.15, 0.2) is 17.6 Å². The summed E-state index contributed by atoms with van der Waals surface area (Å²) in [5.74, 6) is 6.25. The fourth-order valence-corrected chi connectivity index (χ4v) is 2.85. The lowest BCUT2D eigenvalue weighted by atomic mass is 9.96. The van der Waals surface area contributed by atoms with Gasteiger partial charge in [-0.2, -0.15) is 5.26 Å². The average molecular weight is 377 g/mol. The second-order valence-electron chi connectivity index (χ2n) is 6.25. The number of nitrogens with zero attached hydrogens (tertiary/aromatic N) is 1. The number of rotatable bonds is 6. The Morgan fingerprint density at radius 1 is 1.29 bits per heavy atom. The van der Waals surface area contributed by atoms with E-state index in [1.165, 1.54) is 0 Å². The normalized spacial score (nSPS) is 15.5. The summed E-state index contributed by atoms with van der Waals surface area (Å²) in [5.41, 5.74) is 1.34. The molecule has 1 aliphatic rings. The van der Waals surface area contributed by atoms with E-state index < -0.39 is 5.97 Å². The van der Waals surface area contributed by atoms with E-state index in [0.717, 1.165) is 5.56 Å². The zero-order valence-electron chi connectivity index (χ0n) is 15.3. The molecule has 2 aromatic carbocycles. The SMILES string of the molecule is CC#C[C@@H](CC(=O)O)c1ccc(OC[C@H]2COc3ccc(C#N)cc3O2)cc1. The van der Waals surface area contributed by atoms with Crippen LogP contribution in [0, 0.1) is 23.2 Å². The number of aliphatic carboxylic acids is 1. The molecule has 0 aliphatic carbocycles. The largest absolute Gasteiger partial charge is 0.490 e. The van der Waals surface area contributed by atoms with Crippen LogP contribution in [-0.4, -0.2) is 30.4 Å². The predicted molar refractivity (Wildman–Crippen MR) is 101 cm³/mol. The Morgan fingerprint density at radius 3 is 2.75 bits per heavy atom. The van der Waals surface area contributed by atoms with Crippen molar-refractivity contribution in [2.75, 3.05) is 13.2 Å². The highest BCUT2D eigenvalue weighted by molar-refractivity contribution is 5.69. The molecular formula is C22H19NO5. The Hall–Kier alpha value is -3.64. The van der Waals surface area contributed by atoms with Crippen LogP contribution in [0.25, 0.3) is 0 Å². The summed E-state index contributed by atoms with van der Waals surface area (Å²) in [6.07, 6.45) is -0.342. The minimum atomic E-state index is -0.887. The lowest BCUT2D eigenvalue weighted by Crippen LogP contribution is -2.34. The van der Waals surface area contributed by atoms with E-state index in [1.807, 2.05) is 12.1 Å². The number of carbonyl (C=O) groups is 1. The highest BCUT2D eigenvalue weighted by atomic mass is 16.6. The van der Waals surface area contributed by atoms with Gasteiger partial charge in [0, 0.05) is 6.07 Å². The molecule has 1 heterocycles. The number of fused-ring (bicyclic) bond motifs is 1. The molecule has 2 atom stereocenters. The van der Waals surface area contributed by atoms with Crippen LogP contribution >= 0.6 is 0 Å². The van der Waals surface area contributed by atoms with E-state index in [4.69, 9.17) is 24.6 Å². The number of carboxylic acids is 1. The molecule has 0 bridgehead atoms. The van der Waals surface area contributed by atoms with Crippen LogP contribution in [0.1, 0.15) is 30.4 Å². The molecule has 6 heteroatoms.